The van der Waals surface area contributed by atoms with E-state index in [9.17, 15) is 9.18 Å². The van der Waals surface area contributed by atoms with Gasteiger partial charge in [0.15, 0.2) is 0 Å². The molecule has 0 aliphatic rings. The monoisotopic (exact) mass is 376 g/mol. The number of amides is 1. The van der Waals surface area contributed by atoms with Gasteiger partial charge in [-0.2, -0.15) is 0 Å². The number of halogens is 4. The third-order valence-electron chi connectivity index (χ3n) is 2.51. The fourth-order valence-electron chi connectivity index (χ4n) is 1.53. The van der Waals surface area contributed by atoms with Crippen molar-refractivity contribution in [2.24, 2.45) is 0 Å². The number of hydrogen-bond donors (Lipinski definition) is 2. The molecule has 0 aromatic heterocycles. The highest BCUT2D eigenvalue weighted by Crippen LogP contribution is 2.31. The van der Waals surface area contributed by atoms with Crippen molar-refractivity contribution in [2.45, 2.75) is 0 Å². The van der Waals surface area contributed by atoms with Gasteiger partial charge in [0.1, 0.15) is 5.82 Å². The van der Waals surface area contributed by atoms with Gasteiger partial charge in [0.2, 0.25) is 0 Å². The highest BCUT2D eigenvalue weighted by molar-refractivity contribution is 9.10. The molecule has 3 nitrogen and oxygen atoms in total. The summed E-state index contributed by atoms with van der Waals surface area (Å²) in [7, 11) is 0. The van der Waals surface area contributed by atoms with E-state index in [-0.39, 0.29) is 21.3 Å². The molecule has 0 bridgehead atoms. The lowest BCUT2D eigenvalue weighted by molar-refractivity contribution is 0.102. The first-order chi connectivity index (χ1) is 9.38. The summed E-state index contributed by atoms with van der Waals surface area (Å²) in [5, 5.41) is 2.93. The largest absolute Gasteiger partial charge is 0.396 e. The summed E-state index contributed by atoms with van der Waals surface area (Å²) in [6.45, 7) is 0. The molecule has 0 unspecified atom stereocenters. The van der Waals surface area contributed by atoms with Crippen molar-refractivity contribution >= 4 is 56.4 Å². The van der Waals surface area contributed by atoms with Crippen LogP contribution in [0.25, 0.3) is 0 Å². The Balaban J connectivity index is 2.30. The minimum Gasteiger partial charge on any atom is -0.396 e. The van der Waals surface area contributed by atoms with Crippen LogP contribution in [0.2, 0.25) is 10.0 Å². The maximum atomic E-state index is 13.6. The Morgan fingerprint density at radius 1 is 1.20 bits per heavy atom. The highest BCUT2D eigenvalue weighted by Gasteiger charge is 2.14. The molecule has 0 radical (unpaired) electrons. The minimum atomic E-state index is -0.627. The van der Waals surface area contributed by atoms with Gasteiger partial charge in [0, 0.05) is 10.2 Å². The first kappa shape index (κ1) is 15.1. The van der Waals surface area contributed by atoms with E-state index in [0.29, 0.717) is 10.2 Å². The normalized spacial score (nSPS) is 10.4. The molecule has 0 heterocycles. The summed E-state index contributed by atoms with van der Waals surface area (Å²) in [6, 6.07) is 6.96. The van der Waals surface area contributed by atoms with Gasteiger partial charge in [-0.3, -0.25) is 4.79 Å². The van der Waals surface area contributed by atoms with Crippen molar-refractivity contribution < 1.29 is 9.18 Å². The van der Waals surface area contributed by atoms with Crippen LogP contribution in [0.1, 0.15) is 10.4 Å². The van der Waals surface area contributed by atoms with Crippen molar-refractivity contribution in [3.63, 3.8) is 0 Å². The van der Waals surface area contributed by atoms with Crippen LogP contribution < -0.4 is 11.1 Å². The Labute approximate surface area is 133 Å². The Kier molecular flexibility index (Phi) is 4.52. The van der Waals surface area contributed by atoms with Crippen molar-refractivity contribution in [2.75, 3.05) is 11.1 Å². The van der Waals surface area contributed by atoms with Crippen molar-refractivity contribution in [1.29, 1.82) is 0 Å². The number of nitrogens with two attached hydrogens (primary N) is 1. The quantitative estimate of drug-likeness (QED) is 0.743. The van der Waals surface area contributed by atoms with Crippen molar-refractivity contribution in [3.8, 4) is 0 Å². The molecule has 0 aliphatic carbocycles. The molecule has 0 saturated heterocycles. The first-order valence-corrected chi connectivity index (χ1v) is 6.94. The van der Waals surface area contributed by atoms with E-state index < -0.39 is 11.7 Å². The molecule has 0 saturated carbocycles. The second kappa shape index (κ2) is 5.99. The van der Waals surface area contributed by atoms with Gasteiger partial charge in [-0.05, 0) is 30.3 Å². The second-order valence-corrected chi connectivity index (χ2v) is 5.66. The average Bonchev–Trinajstić information content (AvgIpc) is 2.38. The van der Waals surface area contributed by atoms with Gasteiger partial charge in [0.25, 0.3) is 5.91 Å². The molecule has 0 atom stereocenters. The molecule has 0 aliphatic heterocycles. The van der Waals surface area contributed by atoms with Crippen LogP contribution in [-0.2, 0) is 0 Å². The number of carbonyl (C=O) groups is 1. The smallest absolute Gasteiger partial charge is 0.258 e. The third-order valence-corrected chi connectivity index (χ3v) is 3.63. The zero-order valence-electron chi connectivity index (χ0n) is 9.88. The standard InChI is InChI=1S/C13H8BrCl2FN2O/c14-6-1-2-11(17)8(3-6)13(20)19-7-4-9(15)12(18)10(16)5-7/h1-5H,18H2,(H,19,20). The Bertz CT molecular complexity index is 671. The maximum absolute atomic E-state index is 13.6. The van der Waals surface area contributed by atoms with Crippen molar-refractivity contribution in [1.82, 2.24) is 0 Å². The lowest BCUT2D eigenvalue weighted by atomic mass is 10.2. The first-order valence-electron chi connectivity index (χ1n) is 5.39. The van der Waals surface area contributed by atoms with E-state index in [2.05, 4.69) is 21.2 Å². The summed E-state index contributed by atoms with van der Waals surface area (Å²) < 4.78 is 14.2. The van der Waals surface area contributed by atoms with Crippen LogP contribution in [0.15, 0.2) is 34.8 Å². The molecule has 2 rings (SSSR count). The van der Waals surface area contributed by atoms with Gasteiger partial charge in [0.05, 0.1) is 21.3 Å². The zero-order chi connectivity index (χ0) is 14.9. The predicted octanol–water partition coefficient (Wildman–Crippen LogP) is 4.73. The molecule has 0 fully saturated rings. The van der Waals surface area contributed by atoms with Crippen LogP contribution in [0, 0.1) is 5.82 Å². The Morgan fingerprint density at radius 3 is 2.40 bits per heavy atom. The van der Waals surface area contributed by atoms with E-state index >= 15 is 0 Å². The van der Waals surface area contributed by atoms with E-state index in [0.717, 1.165) is 0 Å². The van der Waals surface area contributed by atoms with Crippen molar-refractivity contribution in [3.05, 3.63) is 56.2 Å². The fourth-order valence-corrected chi connectivity index (χ4v) is 2.37. The number of hydrogen-bond acceptors (Lipinski definition) is 2. The van der Waals surface area contributed by atoms with E-state index in [4.69, 9.17) is 28.9 Å². The molecule has 2 aromatic rings. The molecule has 104 valence electrons. The molecule has 7 heteroatoms. The minimum absolute atomic E-state index is 0.0940. The maximum Gasteiger partial charge on any atom is 0.258 e. The summed E-state index contributed by atoms with van der Waals surface area (Å²) in [5.74, 6) is -1.24. The van der Waals surface area contributed by atoms with Gasteiger partial charge in [-0.1, -0.05) is 39.1 Å². The number of rotatable bonds is 2. The molecular formula is C13H8BrCl2FN2O. The van der Waals surface area contributed by atoms with E-state index in [1.165, 1.54) is 30.3 Å². The predicted molar refractivity (Wildman–Crippen MR) is 82.9 cm³/mol. The summed E-state index contributed by atoms with van der Waals surface area (Å²) in [6.07, 6.45) is 0. The van der Waals surface area contributed by atoms with Crippen LogP contribution in [0.5, 0.6) is 0 Å². The summed E-state index contributed by atoms with van der Waals surface area (Å²) >= 11 is 14.9. The molecule has 1 amide bonds. The Hall–Kier alpha value is -1.30. The SMILES string of the molecule is Nc1c(Cl)cc(NC(=O)c2cc(Br)ccc2F)cc1Cl. The molecule has 20 heavy (non-hydrogen) atoms. The van der Waals surface area contributed by atoms with Crippen LogP contribution in [-0.4, -0.2) is 5.91 Å². The number of carbonyl (C=O) groups excluding carboxylic acids is 1. The highest BCUT2D eigenvalue weighted by atomic mass is 79.9. The lowest BCUT2D eigenvalue weighted by Gasteiger charge is -2.09. The van der Waals surface area contributed by atoms with Gasteiger partial charge in [-0.25, -0.2) is 4.39 Å². The third kappa shape index (κ3) is 3.23. The number of nitrogens with one attached hydrogen (secondary N) is 1. The van der Waals surface area contributed by atoms with Crippen LogP contribution >= 0.6 is 39.1 Å². The number of benzene rings is 2. The molecule has 2 aromatic carbocycles. The fraction of sp³-hybridized carbons (Fsp3) is 0. The van der Waals surface area contributed by atoms with E-state index in [1.54, 1.807) is 0 Å². The van der Waals surface area contributed by atoms with Gasteiger partial charge < -0.3 is 11.1 Å². The number of anilines is 2. The Morgan fingerprint density at radius 2 is 1.80 bits per heavy atom. The molecule has 3 N–H and O–H groups in total. The average molecular weight is 378 g/mol. The van der Waals surface area contributed by atoms with Crippen LogP contribution in [0.4, 0.5) is 15.8 Å². The zero-order valence-corrected chi connectivity index (χ0v) is 13.0. The molecule has 0 spiro atoms. The summed E-state index contributed by atoms with van der Waals surface area (Å²) in [4.78, 5) is 12.0. The lowest BCUT2D eigenvalue weighted by Crippen LogP contribution is -2.14. The summed E-state index contributed by atoms with van der Waals surface area (Å²) in [5.41, 5.74) is 6.05. The van der Waals surface area contributed by atoms with E-state index in [1.807, 2.05) is 0 Å². The van der Waals surface area contributed by atoms with Gasteiger partial charge >= 0.3 is 0 Å². The molecular weight excluding hydrogens is 370 g/mol. The van der Waals surface area contributed by atoms with Gasteiger partial charge in [-0.15, -0.1) is 0 Å². The van der Waals surface area contributed by atoms with Crippen LogP contribution in [0.3, 0.4) is 0 Å². The topological polar surface area (TPSA) is 55.1 Å². The number of nitrogen functional groups attached to an aromatic ring is 1. The second-order valence-electron chi connectivity index (χ2n) is 3.93.